The smallest absolute Gasteiger partial charge is 0.249 e. The van der Waals surface area contributed by atoms with E-state index in [4.69, 9.17) is 11.0 Å². The molecule has 0 saturated heterocycles. The molecule has 0 spiro atoms. The first-order chi connectivity index (χ1) is 46.1. The van der Waals surface area contributed by atoms with Gasteiger partial charge in [0.2, 0.25) is 13.4 Å². The molecule has 5 heterocycles. The Balaban J connectivity index is 1.02. The number of anilines is 5. The number of rotatable bonds is 10. The van der Waals surface area contributed by atoms with Gasteiger partial charge < -0.3 is 14.2 Å². The monoisotopic (exact) mass is 1260 g/mol. The lowest BCUT2D eigenvalue weighted by Crippen LogP contribution is -2.65. The molecule has 95 heavy (non-hydrogen) atoms. The molecule has 0 fully saturated rings. The third-order valence-corrected chi connectivity index (χ3v) is 23.3. The quantitative estimate of drug-likeness (QED) is 0.100. The summed E-state index contributed by atoms with van der Waals surface area (Å²) in [6, 6.07) is 94.7. The molecule has 0 saturated carbocycles. The Morgan fingerprint density at radius 2 is 0.863 bits per heavy atom. The van der Waals surface area contributed by atoms with Crippen LogP contribution in [0.2, 0.25) is 0 Å². The van der Waals surface area contributed by atoms with E-state index in [1.54, 1.807) is 0 Å². The fourth-order valence-corrected chi connectivity index (χ4v) is 18.1. The van der Waals surface area contributed by atoms with E-state index in [0.29, 0.717) is 5.92 Å². The minimum atomic E-state index is -0.182. The fourth-order valence-electron chi connectivity index (χ4n) is 15.6. The molecule has 0 N–H and O–H groups in total. The van der Waals surface area contributed by atoms with Crippen LogP contribution in [-0.4, -0.2) is 19.5 Å². The molecule has 12 aromatic carbocycles. The zero-order valence-electron chi connectivity index (χ0n) is 55.5. The molecule has 3 nitrogen and oxygen atoms in total. The molecular weight excluding hydrogens is 1190 g/mol. The fraction of sp³-hybridized carbons (Fsp3) is 0.159. The van der Waals surface area contributed by atoms with Crippen LogP contribution in [0.5, 0.6) is 0 Å². The third-order valence-electron chi connectivity index (χ3n) is 21.0. The zero-order valence-corrected chi connectivity index (χ0v) is 57.1. The predicted molar refractivity (Wildman–Crippen MR) is 410 cm³/mol. The van der Waals surface area contributed by atoms with Gasteiger partial charge in [-0.2, -0.15) is 0 Å². The molecule has 0 bridgehead atoms. The normalized spacial score (nSPS) is 14.3. The molecule has 0 aliphatic carbocycles. The van der Waals surface area contributed by atoms with Gasteiger partial charge in [-0.15, -0.1) is 6.58 Å². The number of para-hydroxylation sites is 1. The van der Waals surface area contributed by atoms with Crippen molar-refractivity contribution >= 4 is 120 Å². The van der Waals surface area contributed by atoms with Crippen LogP contribution >= 0.6 is 23.5 Å². The van der Waals surface area contributed by atoms with E-state index >= 15 is 0 Å². The molecule has 4 aliphatic rings. The predicted octanol–water partition coefficient (Wildman–Crippen LogP) is 20.6. The number of nitrogens with zero attached hydrogens (tertiary/aromatic N) is 2. The van der Waals surface area contributed by atoms with Crippen LogP contribution in [0.4, 0.5) is 28.4 Å². The second-order valence-electron chi connectivity index (χ2n) is 29.1. The second-order valence-corrected chi connectivity index (χ2v) is 31.3. The summed E-state index contributed by atoms with van der Waals surface area (Å²) in [6.45, 7) is 26.1. The topological polar surface area (TPSA) is 19.6 Å². The van der Waals surface area contributed by atoms with Gasteiger partial charge in [0.15, 0.2) is 0 Å². The summed E-state index contributed by atoms with van der Waals surface area (Å²) in [5.74, 6) is 0.559. The lowest BCUT2D eigenvalue weighted by atomic mass is 9.31. The van der Waals surface area contributed by atoms with Crippen molar-refractivity contribution in [2.45, 2.75) is 98.8 Å². The van der Waals surface area contributed by atoms with E-state index < -0.39 is 0 Å². The van der Waals surface area contributed by atoms with E-state index in [0.717, 1.165) is 27.5 Å². The standard InChI is InChI=1S/C88H74B2N2OS2/c1-11-73(54(4)53(2)3)91-74-52-75-72(51-71(74)89-69-39-36-60(55-26-16-12-17-27-55)44-80(69)94-82-46-62(43-76(91)84(82)89)59-38-41-79-68(42-59)65-34-24-25-35-78(65)93-79)90-70-40-37-61(56-28-18-13-19-29-56)45-81(70)95-83-50-64(88(8,9)10)49-77(85(83)90)92(75)86-66(57-30-20-14-21-31-57)47-63(87(5,6)7)48-67(86)58-32-22-15-23-33-58/h11-54,73H,1H2,2-10H3/t54-,73?/m0/s1. The number of benzene rings is 12. The summed E-state index contributed by atoms with van der Waals surface area (Å²) in [5.41, 5.74) is 30.1. The van der Waals surface area contributed by atoms with Crippen LogP contribution < -0.4 is 42.6 Å². The Labute approximate surface area is 569 Å². The minimum absolute atomic E-state index is 0.0864. The van der Waals surface area contributed by atoms with Gasteiger partial charge in [0.1, 0.15) is 11.2 Å². The van der Waals surface area contributed by atoms with E-state index in [-0.39, 0.29) is 36.2 Å². The highest BCUT2D eigenvalue weighted by molar-refractivity contribution is 8.00. The van der Waals surface area contributed by atoms with Crippen LogP contribution in [0.1, 0.15) is 73.4 Å². The third kappa shape index (κ3) is 9.81. The first-order valence-corrected chi connectivity index (χ1v) is 35.4. The van der Waals surface area contributed by atoms with Gasteiger partial charge in [-0.05, 0) is 173 Å². The lowest BCUT2D eigenvalue weighted by Gasteiger charge is -2.48. The molecule has 13 aromatic rings. The first kappa shape index (κ1) is 59.4. The molecule has 1 unspecified atom stereocenters. The van der Waals surface area contributed by atoms with E-state index in [1.807, 2.05) is 23.5 Å². The average molecular weight is 1260 g/mol. The molecule has 0 amide bonds. The molecule has 4 aliphatic heterocycles. The maximum Gasteiger partial charge on any atom is 0.249 e. The summed E-state index contributed by atoms with van der Waals surface area (Å²) in [4.78, 5) is 10.7. The second kappa shape index (κ2) is 22.6. The Kier molecular flexibility index (Phi) is 14.2. The number of fused-ring (bicyclic) bond motifs is 11. The summed E-state index contributed by atoms with van der Waals surface area (Å²) in [7, 11) is 0. The van der Waals surface area contributed by atoms with E-state index in [2.05, 4.69) is 327 Å². The summed E-state index contributed by atoms with van der Waals surface area (Å²) in [5, 5.41) is 2.25. The van der Waals surface area contributed by atoms with Gasteiger partial charge in [-0.3, -0.25) is 0 Å². The highest BCUT2D eigenvalue weighted by atomic mass is 32.2. The van der Waals surface area contributed by atoms with Crippen LogP contribution in [-0.2, 0) is 10.8 Å². The van der Waals surface area contributed by atoms with Crippen molar-refractivity contribution in [3.63, 3.8) is 0 Å². The first-order valence-electron chi connectivity index (χ1n) is 33.8. The number of hydrogen-bond acceptors (Lipinski definition) is 5. The van der Waals surface area contributed by atoms with Crippen molar-refractivity contribution < 1.29 is 4.42 Å². The number of hydrogen-bond donors (Lipinski definition) is 0. The Morgan fingerprint density at radius 1 is 0.389 bits per heavy atom. The van der Waals surface area contributed by atoms with Gasteiger partial charge in [0.25, 0.3) is 0 Å². The van der Waals surface area contributed by atoms with Crippen molar-refractivity contribution in [1.29, 1.82) is 0 Å². The molecule has 2 atom stereocenters. The zero-order chi connectivity index (χ0) is 64.8. The van der Waals surface area contributed by atoms with Crippen molar-refractivity contribution in [3.8, 4) is 55.6 Å². The largest absolute Gasteiger partial charge is 0.456 e. The Hall–Kier alpha value is -9.39. The Morgan fingerprint density at radius 3 is 1.42 bits per heavy atom. The van der Waals surface area contributed by atoms with Crippen molar-refractivity contribution in [2.24, 2.45) is 11.8 Å². The van der Waals surface area contributed by atoms with Crippen molar-refractivity contribution in [2.75, 3.05) is 9.80 Å². The average Bonchev–Trinajstić information content (AvgIpc) is 1.02. The number of furan rings is 1. The van der Waals surface area contributed by atoms with Gasteiger partial charge >= 0.3 is 0 Å². The lowest BCUT2D eigenvalue weighted by molar-refractivity contribution is 0.381. The van der Waals surface area contributed by atoms with E-state index in [1.165, 1.54) is 142 Å². The van der Waals surface area contributed by atoms with Gasteiger partial charge in [0.05, 0.1) is 11.7 Å². The molecule has 7 heteroatoms. The molecule has 460 valence electrons. The molecule has 1 aromatic heterocycles. The van der Waals surface area contributed by atoms with Gasteiger partial charge in [0, 0.05) is 64.2 Å². The molecular formula is C88H74B2N2OS2. The van der Waals surface area contributed by atoms with Crippen molar-refractivity contribution in [1.82, 2.24) is 0 Å². The molecule has 17 rings (SSSR count). The minimum Gasteiger partial charge on any atom is -0.456 e. The van der Waals surface area contributed by atoms with Crippen LogP contribution in [0.3, 0.4) is 0 Å². The van der Waals surface area contributed by atoms with Crippen LogP contribution in [0, 0.1) is 11.8 Å². The molecule has 0 radical (unpaired) electrons. The Bertz CT molecular complexity index is 5200. The highest BCUT2D eigenvalue weighted by Crippen LogP contribution is 2.54. The summed E-state index contributed by atoms with van der Waals surface area (Å²) < 4.78 is 6.50. The van der Waals surface area contributed by atoms with Gasteiger partial charge in [-0.1, -0.05) is 279 Å². The maximum atomic E-state index is 6.50. The van der Waals surface area contributed by atoms with E-state index in [9.17, 15) is 0 Å². The highest BCUT2D eigenvalue weighted by Gasteiger charge is 2.49. The summed E-state index contributed by atoms with van der Waals surface area (Å²) in [6.07, 6.45) is 2.26. The van der Waals surface area contributed by atoms with Crippen LogP contribution in [0.15, 0.2) is 285 Å². The van der Waals surface area contributed by atoms with Crippen LogP contribution in [0.25, 0.3) is 77.6 Å². The maximum absolute atomic E-state index is 6.50. The summed E-state index contributed by atoms with van der Waals surface area (Å²) >= 11 is 3.89. The van der Waals surface area contributed by atoms with Crippen molar-refractivity contribution in [3.05, 3.63) is 273 Å². The SMILES string of the molecule is C=CC([C@@H](C)C(C)C)N1c2cc3c(cc2B2c4ccc(-c5ccccc5)cc4Sc4cc(-c5ccc6oc7ccccc7c6c5)cc1c42)B1c2ccc(-c4ccccc4)cc2Sc2cc(C(C)(C)C)cc(c21)N3c1c(-c2ccccc2)cc(C(C)(C)C)cc1-c1ccccc1. The van der Waals surface area contributed by atoms with Gasteiger partial charge in [-0.25, -0.2) is 0 Å².